The fraction of sp³-hybridized carbons (Fsp3) is 0.238. The first kappa shape index (κ1) is 17.7. The van der Waals surface area contributed by atoms with E-state index in [1.165, 1.54) is 5.69 Å². The predicted molar refractivity (Wildman–Crippen MR) is 110 cm³/mol. The topological polar surface area (TPSA) is 44.3 Å². The van der Waals surface area contributed by atoms with E-state index >= 15 is 0 Å². The van der Waals surface area contributed by atoms with Gasteiger partial charge >= 0.3 is 0 Å². The van der Waals surface area contributed by atoms with Gasteiger partial charge in [0.05, 0.1) is 0 Å². The molecule has 0 aliphatic rings. The van der Waals surface area contributed by atoms with Gasteiger partial charge in [0.25, 0.3) is 0 Å². The van der Waals surface area contributed by atoms with E-state index in [2.05, 4.69) is 70.4 Å². The van der Waals surface area contributed by atoms with Gasteiger partial charge < -0.3 is 15.1 Å². The Kier molecular flexibility index (Phi) is 5.69. The van der Waals surface area contributed by atoms with Crippen molar-refractivity contribution >= 4 is 28.8 Å². The van der Waals surface area contributed by atoms with Crippen LogP contribution in [-0.4, -0.2) is 30.1 Å². The number of rotatable bonds is 7. The molecule has 2 aromatic carbocycles. The zero-order chi connectivity index (χ0) is 18.4. The van der Waals surface area contributed by atoms with Crippen LogP contribution in [0.3, 0.4) is 0 Å². The second-order valence-corrected chi connectivity index (χ2v) is 5.98. The highest BCUT2D eigenvalue weighted by Gasteiger charge is 2.07. The van der Waals surface area contributed by atoms with Crippen molar-refractivity contribution in [3.05, 3.63) is 66.9 Å². The Morgan fingerprint density at radius 1 is 0.846 bits per heavy atom. The first-order valence-corrected chi connectivity index (χ1v) is 8.95. The van der Waals surface area contributed by atoms with Crippen molar-refractivity contribution in [2.24, 2.45) is 0 Å². The molecule has 0 atom stereocenters. The van der Waals surface area contributed by atoms with Crippen LogP contribution in [0.5, 0.6) is 0 Å². The van der Waals surface area contributed by atoms with Gasteiger partial charge in [-0.2, -0.15) is 4.98 Å². The molecular weight excluding hydrogens is 322 g/mol. The van der Waals surface area contributed by atoms with E-state index in [0.29, 0.717) is 5.95 Å². The van der Waals surface area contributed by atoms with E-state index < -0.39 is 0 Å². The lowest BCUT2D eigenvalue weighted by Crippen LogP contribution is -2.21. The standard InChI is InChI=1S/C21H25N5/c1-4-26(5-2)19-13-11-17(12-14-19)23-21-22-16-15-20(24-21)25(3)18-9-7-6-8-10-18/h6-16H,4-5H2,1-3H3,(H,22,23,24). The fourth-order valence-corrected chi connectivity index (χ4v) is 2.85. The average Bonchev–Trinajstić information content (AvgIpc) is 2.70. The number of benzene rings is 2. The Balaban J connectivity index is 1.75. The minimum absolute atomic E-state index is 0.584. The van der Waals surface area contributed by atoms with Gasteiger partial charge in [-0.25, -0.2) is 4.98 Å². The van der Waals surface area contributed by atoms with Crippen LogP contribution in [0.4, 0.5) is 28.8 Å². The molecule has 0 fully saturated rings. The van der Waals surface area contributed by atoms with Crippen molar-refractivity contribution < 1.29 is 0 Å². The van der Waals surface area contributed by atoms with Crippen molar-refractivity contribution in [2.75, 3.05) is 35.3 Å². The highest BCUT2D eigenvalue weighted by molar-refractivity contribution is 5.62. The molecular formula is C21H25N5. The van der Waals surface area contributed by atoms with Crippen molar-refractivity contribution in [3.63, 3.8) is 0 Å². The van der Waals surface area contributed by atoms with Crippen LogP contribution in [-0.2, 0) is 0 Å². The maximum Gasteiger partial charge on any atom is 0.229 e. The quantitative estimate of drug-likeness (QED) is 0.663. The van der Waals surface area contributed by atoms with Crippen LogP contribution in [0.2, 0.25) is 0 Å². The van der Waals surface area contributed by atoms with Gasteiger partial charge in [-0.3, -0.25) is 0 Å². The monoisotopic (exact) mass is 347 g/mol. The molecule has 0 unspecified atom stereocenters. The number of para-hydroxylation sites is 1. The van der Waals surface area contributed by atoms with Crippen molar-refractivity contribution in [3.8, 4) is 0 Å². The van der Waals surface area contributed by atoms with Gasteiger partial charge in [0.15, 0.2) is 0 Å². The summed E-state index contributed by atoms with van der Waals surface area (Å²) in [5.41, 5.74) is 3.28. The molecule has 134 valence electrons. The molecule has 0 aliphatic carbocycles. The molecule has 1 N–H and O–H groups in total. The molecule has 0 amide bonds. The number of nitrogens with one attached hydrogen (secondary N) is 1. The van der Waals surface area contributed by atoms with Crippen LogP contribution in [0.1, 0.15) is 13.8 Å². The van der Waals surface area contributed by atoms with E-state index in [1.807, 2.05) is 36.2 Å². The molecule has 3 aromatic rings. The van der Waals surface area contributed by atoms with E-state index in [9.17, 15) is 0 Å². The van der Waals surface area contributed by atoms with E-state index in [-0.39, 0.29) is 0 Å². The van der Waals surface area contributed by atoms with Crippen LogP contribution < -0.4 is 15.1 Å². The molecule has 5 nitrogen and oxygen atoms in total. The lowest BCUT2D eigenvalue weighted by atomic mass is 10.2. The summed E-state index contributed by atoms with van der Waals surface area (Å²) < 4.78 is 0. The number of hydrogen-bond acceptors (Lipinski definition) is 5. The van der Waals surface area contributed by atoms with Crippen LogP contribution in [0.15, 0.2) is 66.9 Å². The summed E-state index contributed by atoms with van der Waals surface area (Å²) in [6.45, 7) is 6.33. The SMILES string of the molecule is CCN(CC)c1ccc(Nc2nccc(N(C)c3ccccc3)n2)cc1. The molecule has 1 aromatic heterocycles. The average molecular weight is 347 g/mol. The number of hydrogen-bond donors (Lipinski definition) is 1. The molecule has 0 bridgehead atoms. The van der Waals surface area contributed by atoms with E-state index in [4.69, 9.17) is 0 Å². The second-order valence-electron chi connectivity index (χ2n) is 5.98. The molecule has 0 aliphatic heterocycles. The van der Waals surface area contributed by atoms with Crippen molar-refractivity contribution in [1.82, 2.24) is 9.97 Å². The normalized spacial score (nSPS) is 10.4. The number of aromatic nitrogens is 2. The molecule has 0 saturated heterocycles. The Bertz CT molecular complexity index is 813. The minimum Gasteiger partial charge on any atom is -0.372 e. The summed E-state index contributed by atoms with van der Waals surface area (Å²) in [4.78, 5) is 13.3. The molecule has 0 radical (unpaired) electrons. The number of anilines is 5. The smallest absolute Gasteiger partial charge is 0.229 e. The lowest BCUT2D eigenvalue weighted by molar-refractivity contribution is 0.866. The summed E-state index contributed by atoms with van der Waals surface area (Å²) in [6, 6.07) is 20.4. The summed E-state index contributed by atoms with van der Waals surface area (Å²) in [7, 11) is 2.00. The summed E-state index contributed by atoms with van der Waals surface area (Å²) in [6.07, 6.45) is 1.77. The summed E-state index contributed by atoms with van der Waals surface area (Å²) in [5.74, 6) is 1.43. The predicted octanol–water partition coefficient (Wildman–Crippen LogP) is 4.83. The second kappa shape index (κ2) is 8.34. The Morgan fingerprint density at radius 2 is 1.54 bits per heavy atom. The maximum atomic E-state index is 4.63. The first-order chi connectivity index (χ1) is 12.7. The minimum atomic E-state index is 0.584. The summed E-state index contributed by atoms with van der Waals surface area (Å²) in [5, 5.41) is 3.29. The molecule has 1 heterocycles. The van der Waals surface area contributed by atoms with Gasteiger partial charge in [-0.05, 0) is 56.3 Å². The van der Waals surface area contributed by atoms with Gasteiger partial charge in [-0.1, -0.05) is 18.2 Å². The Labute approximate surface area is 155 Å². The van der Waals surface area contributed by atoms with Crippen LogP contribution >= 0.6 is 0 Å². The third kappa shape index (κ3) is 4.11. The van der Waals surface area contributed by atoms with Gasteiger partial charge in [0.2, 0.25) is 5.95 Å². The van der Waals surface area contributed by atoms with Crippen LogP contribution in [0, 0.1) is 0 Å². The van der Waals surface area contributed by atoms with Crippen molar-refractivity contribution in [2.45, 2.75) is 13.8 Å². The molecule has 26 heavy (non-hydrogen) atoms. The molecule has 0 spiro atoms. The number of nitrogens with zero attached hydrogens (tertiary/aromatic N) is 4. The van der Waals surface area contributed by atoms with Gasteiger partial charge in [0.1, 0.15) is 5.82 Å². The first-order valence-electron chi connectivity index (χ1n) is 8.95. The zero-order valence-electron chi connectivity index (χ0n) is 15.6. The highest BCUT2D eigenvalue weighted by atomic mass is 15.2. The summed E-state index contributed by atoms with van der Waals surface area (Å²) >= 11 is 0. The van der Waals surface area contributed by atoms with Crippen molar-refractivity contribution in [1.29, 1.82) is 0 Å². The third-order valence-corrected chi connectivity index (χ3v) is 4.38. The third-order valence-electron chi connectivity index (χ3n) is 4.38. The van der Waals surface area contributed by atoms with Crippen LogP contribution in [0.25, 0.3) is 0 Å². The largest absolute Gasteiger partial charge is 0.372 e. The van der Waals surface area contributed by atoms with E-state index in [1.54, 1.807) is 6.20 Å². The zero-order valence-corrected chi connectivity index (χ0v) is 15.6. The van der Waals surface area contributed by atoms with Gasteiger partial charge in [-0.15, -0.1) is 0 Å². The molecule has 3 rings (SSSR count). The highest BCUT2D eigenvalue weighted by Crippen LogP contribution is 2.23. The fourth-order valence-electron chi connectivity index (χ4n) is 2.85. The van der Waals surface area contributed by atoms with E-state index in [0.717, 1.165) is 30.3 Å². The maximum absolute atomic E-state index is 4.63. The van der Waals surface area contributed by atoms with Gasteiger partial charge in [0, 0.05) is 43.4 Å². The lowest BCUT2D eigenvalue weighted by Gasteiger charge is -2.21. The molecule has 5 heteroatoms. The Hall–Kier alpha value is -3.08. The molecule has 0 saturated carbocycles. The Morgan fingerprint density at radius 3 is 2.19 bits per heavy atom.